The van der Waals surface area contributed by atoms with E-state index in [0.29, 0.717) is 50.5 Å². The molecule has 0 aliphatic carbocycles. The quantitative estimate of drug-likeness (QED) is 0.700. The minimum Gasteiger partial charge on any atom is -0.491 e. The van der Waals surface area contributed by atoms with Gasteiger partial charge in [0.25, 0.3) is 5.91 Å². The number of hydrogen-bond acceptors (Lipinski definition) is 4. The Hall–Kier alpha value is -3.35. The maximum atomic E-state index is 13.6. The minimum absolute atomic E-state index is 0.0122. The largest absolute Gasteiger partial charge is 0.491 e. The lowest BCUT2D eigenvalue weighted by molar-refractivity contribution is -0.131. The Labute approximate surface area is 188 Å². The molecule has 0 N–H and O–H groups in total. The van der Waals surface area contributed by atoms with Gasteiger partial charge in [-0.15, -0.1) is 0 Å². The predicted octanol–water partition coefficient (Wildman–Crippen LogP) is 2.73. The molecule has 0 bridgehead atoms. The van der Waals surface area contributed by atoms with Crippen LogP contribution in [0.25, 0.3) is 0 Å². The Kier molecular flexibility index (Phi) is 6.73. The average molecular weight is 436 g/mol. The molecule has 2 fully saturated rings. The van der Waals surface area contributed by atoms with Gasteiger partial charge in [-0.25, -0.2) is 0 Å². The van der Waals surface area contributed by atoms with Crippen LogP contribution in [0.2, 0.25) is 0 Å². The first-order chi connectivity index (χ1) is 15.5. The first kappa shape index (κ1) is 21.9. The highest BCUT2D eigenvalue weighted by Crippen LogP contribution is 2.29. The van der Waals surface area contributed by atoms with Crippen molar-refractivity contribution in [2.24, 2.45) is 0 Å². The van der Waals surface area contributed by atoms with Crippen LogP contribution in [0, 0.1) is 0 Å². The number of piperazine rings is 1. The molecule has 7 heteroatoms. The van der Waals surface area contributed by atoms with Crippen molar-refractivity contribution in [3.8, 4) is 5.75 Å². The molecule has 32 heavy (non-hydrogen) atoms. The van der Waals surface area contributed by atoms with E-state index in [-0.39, 0.29) is 23.8 Å². The van der Waals surface area contributed by atoms with Crippen molar-refractivity contribution in [2.75, 3.05) is 39.3 Å². The molecule has 1 atom stereocenters. The fourth-order valence-electron chi connectivity index (χ4n) is 4.40. The van der Waals surface area contributed by atoms with Crippen molar-refractivity contribution in [2.45, 2.75) is 25.8 Å². The lowest BCUT2D eigenvalue weighted by atomic mass is 10.0. The van der Waals surface area contributed by atoms with Gasteiger partial charge in [-0.3, -0.25) is 14.4 Å². The molecule has 2 aromatic rings. The van der Waals surface area contributed by atoms with Gasteiger partial charge in [0.05, 0.1) is 18.2 Å². The maximum Gasteiger partial charge on any atom is 0.258 e. The smallest absolute Gasteiger partial charge is 0.258 e. The molecule has 2 heterocycles. The maximum absolute atomic E-state index is 13.6. The van der Waals surface area contributed by atoms with Crippen LogP contribution in [0.3, 0.4) is 0 Å². The van der Waals surface area contributed by atoms with E-state index in [2.05, 4.69) is 0 Å². The summed E-state index contributed by atoms with van der Waals surface area (Å²) in [4.78, 5) is 42.9. The lowest BCUT2D eigenvalue weighted by Gasteiger charge is -2.41. The number of para-hydroxylation sites is 1. The average Bonchev–Trinajstić information content (AvgIpc) is 3.23. The molecule has 7 nitrogen and oxygen atoms in total. The zero-order chi connectivity index (χ0) is 22.5. The summed E-state index contributed by atoms with van der Waals surface area (Å²) in [7, 11) is 0. The van der Waals surface area contributed by atoms with Crippen LogP contribution in [0.1, 0.15) is 41.7 Å². The highest BCUT2D eigenvalue weighted by molar-refractivity contribution is 5.97. The number of likely N-dealkylation sites (tertiary alicyclic amines) is 1. The van der Waals surface area contributed by atoms with E-state index in [0.717, 1.165) is 18.5 Å². The Morgan fingerprint density at radius 2 is 1.75 bits per heavy atom. The highest BCUT2D eigenvalue weighted by atomic mass is 16.5. The van der Waals surface area contributed by atoms with Crippen molar-refractivity contribution in [3.63, 3.8) is 0 Å². The molecule has 0 radical (unpaired) electrons. The van der Waals surface area contributed by atoms with Gasteiger partial charge < -0.3 is 19.4 Å². The van der Waals surface area contributed by atoms with Gasteiger partial charge in [0.2, 0.25) is 11.8 Å². The molecule has 0 aromatic heterocycles. The summed E-state index contributed by atoms with van der Waals surface area (Å²) in [5, 5.41) is 0. The second kappa shape index (κ2) is 9.85. The van der Waals surface area contributed by atoms with Crippen LogP contribution in [0.15, 0.2) is 54.6 Å². The van der Waals surface area contributed by atoms with E-state index < -0.39 is 0 Å². The zero-order valence-corrected chi connectivity index (χ0v) is 18.4. The van der Waals surface area contributed by atoms with Gasteiger partial charge >= 0.3 is 0 Å². The van der Waals surface area contributed by atoms with Crippen LogP contribution in [-0.2, 0) is 9.59 Å². The van der Waals surface area contributed by atoms with Gasteiger partial charge in [0.15, 0.2) is 0 Å². The van der Waals surface area contributed by atoms with E-state index in [4.69, 9.17) is 4.74 Å². The van der Waals surface area contributed by atoms with Crippen LogP contribution < -0.4 is 4.74 Å². The molecule has 2 aliphatic heterocycles. The predicted molar refractivity (Wildman–Crippen MR) is 120 cm³/mol. The van der Waals surface area contributed by atoms with E-state index in [1.165, 1.54) is 0 Å². The summed E-state index contributed by atoms with van der Waals surface area (Å²) in [5.74, 6) is 0.574. The highest BCUT2D eigenvalue weighted by Gasteiger charge is 2.34. The van der Waals surface area contributed by atoms with Crippen LogP contribution in [0.5, 0.6) is 5.75 Å². The van der Waals surface area contributed by atoms with E-state index in [1.54, 1.807) is 28.9 Å². The number of rotatable bonds is 6. The molecule has 0 spiro atoms. The van der Waals surface area contributed by atoms with Gasteiger partial charge in [-0.1, -0.05) is 42.5 Å². The summed E-state index contributed by atoms with van der Waals surface area (Å²) >= 11 is 0. The number of ether oxygens (including phenoxy) is 1. The molecule has 168 valence electrons. The minimum atomic E-state index is -0.225. The summed E-state index contributed by atoms with van der Waals surface area (Å²) in [6, 6.07) is 16.8. The first-order valence-corrected chi connectivity index (χ1v) is 11.2. The zero-order valence-electron chi connectivity index (χ0n) is 18.4. The van der Waals surface area contributed by atoms with Gasteiger partial charge in [0.1, 0.15) is 12.4 Å². The lowest BCUT2D eigenvalue weighted by Crippen LogP contribution is -2.51. The van der Waals surface area contributed by atoms with Crippen molar-refractivity contribution in [1.29, 1.82) is 0 Å². The summed E-state index contributed by atoms with van der Waals surface area (Å²) in [6.07, 6.45) is 1.49. The second-order valence-corrected chi connectivity index (χ2v) is 8.22. The Morgan fingerprint density at radius 1 is 1.00 bits per heavy atom. The fraction of sp³-hybridized carbons (Fsp3) is 0.400. The van der Waals surface area contributed by atoms with E-state index in [1.807, 2.05) is 47.4 Å². The van der Waals surface area contributed by atoms with Crippen LogP contribution >= 0.6 is 0 Å². The Morgan fingerprint density at radius 3 is 2.47 bits per heavy atom. The third kappa shape index (κ3) is 4.77. The normalized spacial score (nSPS) is 18.7. The van der Waals surface area contributed by atoms with Crippen LogP contribution in [-0.4, -0.2) is 71.8 Å². The fourth-order valence-corrected chi connectivity index (χ4v) is 4.40. The standard InChI is InChI=1S/C25H29N3O4/c1-19(29)27-14-15-28(22(18-27)20-8-3-2-4-9-20)25(31)21-10-5-6-11-23(21)32-17-16-26-13-7-12-24(26)30/h2-6,8-11,22H,7,12-18H2,1H3/t22-/m1/s1. The Balaban J connectivity index is 1.52. The summed E-state index contributed by atoms with van der Waals surface area (Å²) in [5.41, 5.74) is 1.50. The van der Waals surface area contributed by atoms with Gasteiger partial charge in [-0.2, -0.15) is 0 Å². The first-order valence-electron chi connectivity index (χ1n) is 11.2. The third-order valence-corrected chi connectivity index (χ3v) is 6.18. The molecule has 2 aliphatic rings. The third-order valence-electron chi connectivity index (χ3n) is 6.18. The monoisotopic (exact) mass is 435 g/mol. The summed E-state index contributed by atoms with van der Waals surface area (Å²) in [6.45, 7) is 4.61. The molecule has 0 saturated carbocycles. The SMILES string of the molecule is CC(=O)N1CCN(C(=O)c2ccccc2OCCN2CCCC2=O)[C@@H](c2ccccc2)C1. The second-order valence-electron chi connectivity index (χ2n) is 8.22. The van der Waals surface area contributed by atoms with E-state index in [9.17, 15) is 14.4 Å². The van der Waals surface area contributed by atoms with Crippen molar-refractivity contribution in [3.05, 3.63) is 65.7 Å². The molecule has 2 saturated heterocycles. The molecule has 2 aromatic carbocycles. The molecular weight excluding hydrogens is 406 g/mol. The number of carbonyl (C=O) groups is 3. The number of carbonyl (C=O) groups excluding carboxylic acids is 3. The molecule has 3 amide bonds. The molecular formula is C25H29N3O4. The topological polar surface area (TPSA) is 70.2 Å². The van der Waals surface area contributed by atoms with Crippen molar-refractivity contribution in [1.82, 2.24) is 14.7 Å². The van der Waals surface area contributed by atoms with Crippen molar-refractivity contribution >= 4 is 17.7 Å². The number of nitrogens with zero attached hydrogens (tertiary/aromatic N) is 3. The van der Waals surface area contributed by atoms with Gasteiger partial charge in [-0.05, 0) is 24.1 Å². The van der Waals surface area contributed by atoms with Gasteiger partial charge in [0, 0.05) is 39.5 Å². The van der Waals surface area contributed by atoms with E-state index >= 15 is 0 Å². The molecule has 0 unspecified atom stereocenters. The number of benzene rings is 2. The number of hydrogen-bond donors (Lipinski definition) is 0. The van der Waals surface area contributed by atoms with Crippen LogP contribution in [0.4, 0.5) is 0 Å². The summed E-state index contributed by atoms with van der Waals surface area (Å²) < 4.78 is 5.95. The Bertz CT molecular complexity index is 978. The van der Waals surface area contributed by atoms with Crippen molar-refractivity contribution < 1.29 is 19.1 Å². The molecule has 4 rings (SSSR count). The number of amides is 3.